The predicted molar refractivity (Wildman–Crippen MR) is 67.5 cm³/mol. The van der Waals surface area contributed by atoms with Gasteiger partial charge in [-0.3, -0.25) is 9.59 Å². The molecule has 18 heavy (non-hydrogen) atoms. The largest absolute Gasteiger partial charge is 0.469 e. The number of esters is 1. The van der Waals surface area contributed by atoms with Crippen LogP contribution in [0.4, 0.5) is 0 Å². The summed E-state index contributed by atoms with van der Waals surface area (Å²) in [4.78, 5) is 26.4. The highest BCUT2D eigenvalue weighted by atomic mass is 35.5. The monoisotopic (exact) mass is 290 g/mol. The summed E-state index contributed by atoms with van der Waals surface area (Å²) in [7, 11) is 1.28. The maximum absolute atomic E-state index is 11.3. The number of hydrogen-bond acceptors (Lipinski definition) is 4. The summed E-state index contributed by atoms with van der Waals surface area (Å²) in [6, 6.07) is 2.70. The van der Waals surface area contributed by atoms with Gasteiger partial charge in [0.1, 0.15) is 11.0 Å². The predicted octanol–water partition coefficient (Wildman–Crippen LogP) is 1.69. The molecule has 1 atom stereocenters. The molecule has 0 spiro atoms. The summed E-state index contributed by atoms with van der Waals surface area (Å²) in [5.41, 5.74) is 0.666. The molecule has 0 aliphatic heterocycles. The summed E-state index contributed by atoms with van der Waals surface area (Å²) < 4.78 is 4.58. The van der Waals surface area contributed by atoms with Gasteiger partial charge in [0.15, 0.2) is 0 Å². The second kappa shape index (κ2) is 7.18. The number of nitrogens with one attached hydrogen (secondary N) is 1. The van der Waals surface area contributed by atoms with Gasteiger partial charge < -0.3 is 10.1 Å². The van der Waals surface area contributed by atoms with E-state index >= 15 is 0 Å². The molecule has 0 saturated carbocycles. The lowest BCUT2D eigenvalue weighted by Gasteiger charge is -2.17. The van der Waals surface area contributed by atoms with Gasteiger partial charge in [-0.2, -0.15) is 0 Å². The van der Waals surface area contributed by atoms with E-state index in [4.69, 9.17) is 23.2 Å². The Kier molecular flexibility index (Phi) is 5.88. The van der Waals surface area contributed by atoms with Gasteiger partial charge in [-0.25, -0.2) is 4.98 Å². The van der Waals surface area contributed by atoms with Crippen LogP contribution in [0.5, 0.6) is 0 Å². The molecule has 1 N–H and O–H groups in total. The molecule has 1 aromatic rings. The molecule has 98 valence electrons. The highest BCUT2D eigenvalue weighted by Crippen LogP contribution is 2.19. The molecule has 1 rings (SSSR count). The van der Waals surface area contributed by atoms with Gasteiger partial charge >= 0.3 is 5.97 Å². The average Bonchev–Trinajstić information content (AvgIpc) is 2.37. The molecule has 0 fully saturated rings. The van der Waals surface area contributed by atoms with Crippen LogP contribution in [0.2, 0.25) is 5.15 Å². The average molecular weight is 291 g/mol. The number of alkyl halides is 1. The number of carbonyl (C=O) groups excluding carboxylic acids is 2. The molecule has 1 heterocycles. The van der Waals surface area contributed by atoms with Crippen molar-refractivity contribution in [1.82, 2.24) is 10.3 Å². The van der Waals surface area contributed by atoms with E-state index in [1.54, 1.807) is 12.1 Å². The van der Waals surface area contributed by atoms with Crippen molar-refractivity contribution in [2.45, 2.75) is 12.5 Å². The number of ether oxygens (including phenoxy) is 1. The standard InChI is InChI=1S/C11H12Cl2N2O3/c1-18-11(17)5-8(15-10(16)6-12)7-2-3-14-9(13)4-7/h2-4,8H,5-6H2,1H3,(H,15,16)/t8-/m0/s1. The first-order chi connectivity index (χ1) is 8.56. The SMILES string of the molecule is COC(=O)C[C@H](NC(=O)CCl)c1ccnc(Cl)c1. The molecule has 0 unspecified atom stereocenters. The van der Waals surface area contributed by atoms with Gasteiger partial charge in [-0.1, -0.05) is 11.6 Å². The summed E-state index contributed by atoms with van der Waals surface area (Å²) >= 11 is 11.2. The highest BCUT2D eigenvalue weighted by molar-refractivity contribution is 6.29. The molecule has 0 radical (unpaired) electrons. The number of methoxy groups -OCH3 is 1. The van der Waals surface area contributed by atoms with E-state index in [0.29, 0.717) is 5.56 Å². The third-order valence-corrected chi connectivity index (χ3v) is 2.66. The lowest BCUT2D eigenvalue weighted by molar-refractivity contribution is -0.141. The summed E-state index contributed by atoms with van der Waals surface area (Å²) in [6.07, 6.45) is 1.49. The van der Waals surface area contributed by atoms with Crippen LogP contribution in [0.3, 0.4) is 0 Å². The Bertz CT molecular complexity index is 422. The van der Waals surface area contributed by atoms with E-state index in [9.17, 15) is 9.59 Å². The summed E-state index contributed by atoms with van der Waals surface area (Å²) in [5, 5.41) is 2.90. The minimum Gasteiger partial charge on any atom is -0.469 e. The zero-order valence-electron chi connectivity index (χ0n) is 9.65. The Morgan fingerprint density at radius 1 is 1.56 bits per heavy atom. The first kappa shape index (κ1) is 14.7. The second-order valence-electron chi connectivity index (χ2n) is 3.45. The molecular weight excluding hydrogens is 279 g/mol. The van der Waals surface area contributed by atoms with E-state index in [2.05, 4.69) is 15.0 Å². The lowest BCUT2D eigenvalue weighted by Crippen LogP contribution is -2.31. The van der Waals surface area contributed by atoms with Crippen molar-refractivity contribution < 1.29 is 14.3 Å². The molecular formula is C11H12Cl2N2O3. The van der Waals surface area contributed by atoms with Crippen LogP contribution in [0, 0.1) is 0 Å². The number of halogens is 2. The topological polar surface area (TPSA) is 68.3 Å². The third-order valence-electron chi connectivity index (χ3n) is 2.21. The van der Waals surface area contributed by atoms with Crippen LogP contribution >= 0.6 is 23.2 Å². The molecule has 0 aromatic carbocycles. The first-order valence-electron chi connectivity index (χ1n) is 5.10. The molecule has 0 aliphatic rings. The van der Waals surface area contributed by atoms with Gasteiger partial charge in [-0.15, -0.1) is 11.6 Å². The van der Waals surface area contributed by atoms with Crippen LogP contribution in [-0.2, 0) is 14.3 Å². The Balaban J connectivity index is 2.88. The first-order valence-corrected chi connectivity index (χ1v) is 6.01. The molecule has 0 bridgehead atoms. The highest BCUT2D eigenvalue weighted by Gasteiger charge is 2.18. The van der Waals surface area contributed by atoms with E-state index in [0.717, 1.165) is 0 Å². The quantitative estimate of drug-likeness (QED) is 0.509. The number of pyridine rings is 1. The summed E-state index contributed by atoms with van der Waals surface area (Å²) in [6.45, 7) is 0. The van der Waals surface area contributed by atoms with Crippen molar-refractivity contribution in [3.05, 3.63) is 29.0 Å². The Morgan fingerprint density at radius 3 is 2.83 bits per heavy atom. The van der Waals surface area contributed by atoms with E-state index in [1.165, 1.54) is 13.3 Å². The zero-order valence-corrected chi connectivity index (χ0v) is 11.2. The smallest absolute Gasteiger partial charge is 0.307 e. The van der Waals surface area contributed by atoms with Gasteiger partial charge in [0, 0.05) is 6.20 Å². The number of carbonyl (C=O) groups is 2. The summed E-state index contributed by atoms with van der Waals surface area (Å²) in [5.74, 6) is -1.00. The van der Waals surface area contributed by atoms with Gasteiger partial charge in [-0.05, 0) is 17.7 Å². The van der Waals surface area contributed by atoms with Crippen LogP contribution in [-0.4, -0.2) is 29.9 Å². The minimum absolute atomic E-state index is 0.000525. The number of nitrogens with zero attached hydrogens (tertiary/aromatic N) is 1. The van der Waals surface area contributed by atoms with Crippen molar-refractivity contribution >= 4 is 35.1 Å². The fourth-order valence-corrected chi connectivity index (χ4v) is 1.63. The van der Waals surface area contributed by atoms with Crippen molar-refractivity contribution in [2.75, 3.05) is 13.0 Å². The van der Waals surface area contributed by atoms with Crippen molar-refractivity contribution in [1.29, 1.82) is 0 Å². The molecule has 5 nitrogen and oxygen atoms in total. The van der Waals surface area contributed by atoms with E-state index in [1.807, 2.05) is 0 Å². The fraction of sp³-hybridized carbons (Fsp3) is 0.364. The fourth-order valence-electron chi connectivity index (χ4n) is 1.37. The Hall–Kier alpha value is -1.33. The van der Waals surface area contributed by atoms with Gasteiger partial charge in [0.05, 0.1) is 19.6 Å². The van der Waals surface area contributed by atoms with Crippen molar-refractivity contribution in [3.63, 3.8) is 0 Å². The zero-order chi connectivity index (χ0) is 13.5. The van der Waals surface area contributed by atoms with E-state index < -0.39 is 12.0 Å². The number of aromatic nitrogens is 1. The molecule has 0 saturated heterocycles. The van der Waals surface area contributed by atoms with Crippen LogP contribution in [0.15, 0.2) is 18.3 Å². The minimum atomic E-state index is -0.538. The molecule has 1 amide bonds. The lowest BCUT2D eigenvalue weighted by atomic mass is 10.1. The number of amides is 1. The Morgan fingerprint density at radius 2 is 2.28 bits per heavy atom. The molecule has 7 heteroatoms. The maximum Gasteiger partial charge on any atom is 0.307 e. The van der Waals surface area contributed by atoms with Crippen molar-refractivity contribution in [3.8, 4) is 0 Å². The van der Waals surface area contributed by atoms with Crippen LogP contribution in [0.25, 0.3) is 0 Å². The van der Waals surface area contributed by atoms with Crippen LogP contribution in [0.1, 0.15) is 18.0 Å². The van der Waals surface area contributed by atoms with Crippen LogP contribution < -0.4 is 5.32 Å². The number of hydrogen-bond donors (Lipinski definition) is 1. The Labute approximate surface area is 114 Å². The second-order valence-corrected chi connectivity index (χ2v) is 4.10. The normalized spacial score (nSPS) is 11.7. The van der Waals surface area contributed by atoms with Gasteiger partial charge in [0.2, 0.25) is 5.91 Å². The molecule has 1 aromatic heterocycles. The third kappa shape index (κ3) is 4.50. The van der Waals surface area contributed by atoms with Crippen molar-refractivity contribution in [2.24, 2.45) is 0 Å². The van der Waals surface area contributed by atoms with Gasteiger partial charge in [0.25, 0.3) is 0 Å². The maximum atomic E-state index is 11.3. The number of rotatable bonds is 5. The molecule has 0 aliphatic carbocycles. The van der Waals surface area contributed by atoms with E-state index in [-0.39, 0.29) is 23.4 Å².